The molecule has 1 fully saturated rings. The van der Waals surface area contributed by atoms with Crippen LogP contribution in [0, 0.1) is 0 Å². The van der Waals surface area contributed by atoms with E-state index in [-0.39, 0.29) is 12.1 Å². The van der Waals surface area contributed by atoms with Gasteiger partial charge in [-0.15, -0.1) is 0 Å². The SMILES string of the molecule is COc1ccc(OC)c(CN(C(=O)NCc2ccncc2)C2CC2)c1. The zero-order valence-electron chi connectivity index (χ0n) is 14.6. The molecule has 1 heterocycles. The van der Waals surface area contributed by atoms with Crippen molar-refractivity contribution in [3.63, 3.8) is 0 Å². The normalized spacial score (nSPS) is 13.2. The van der Waals surface area contributed by atoms with Crippen LogP contribution in [0.15, 0.2) is 42.7 Å². The highest BCUT2D eigenvalue weighted by molar-refractivity contribution is 5.75. The molecule has 1 saturated carbocycles. The van der Waals surface area contributed by atoms with Crippen molar-refractivity contribution in [1.82, 2.24) is 15.2 Å². The molecule has 3 rings (SSSR count). The molecule has 0 bridgehead atoms. The van der Waals surface area contributed by atoms with Gasteiger partial charge in [0.05, 0.1) is 20.8 Å². The van der Waals surface area contributed by atoms with Crippen LogP contribution in [0.5, 0.6) is 11.5 Å². The summed E-state index contributed by atoms with van der Waals surface area (Å²) in [5.41, 5.74) is 1.96. The molecule has 0 saturated heterocycles. The number of carbonyl (C=O) groups is 1. The average Bonchev–Trinajstić information content (AvgIpc) is 3.49. The minimum atomic E-state index is -0.0656. The molecule has 0 atom stereocenters. The van der Waals surface area contributed by atoms with Gasteiger partial charge in [0.2, 0.25) is 0 Å². The molecule has 0 unspecified atom stereocenters. The number of hydrogen-bond acceptors (Lipinski definition) is 4. The Morgan fingerprint density at radius 3 is 2.60 bits per heavy atom. The van der Waals surface area contributed by atoms with Crippen LogP contribution in [0.25, 0.3) is 0 Å². The first kappa shape index (κ1) is 17.1. The number of rotatable bonds is 7. The van der Waals surface area contributed by atoms with Gasteiger partial charge in [-0.3, -0.25) is 4.98 Å². The Bertz CT molecular complexity index is 717. The second kappa shape index (κ2) is 7.88. The zero-order valence-corrected chi connectivity index (χ0v) is 14.6. The van der Waals surface area contributed by atoms with E-state index in [1.807, 2.05) is 35.2 Å². The number of pyridine rings is 1. The Morgan fingerprint density at radius 2 is 1.96 bits per heavy atom. The van der Waals surface area contributed by atoms with E-state index in [2.05, 4.69) is 10.3 Å². The maximum atomic E-state index is 12.7. The summed E-state index contributed by atoms with van der Waals surface area (Å²) in [6.45, 7) is 0.979. The molecule has 0 radical (unpaired) electrons. The number of hydrogen-bond donors (Lipinski definition) is 1. The lowest BCUT2D eigenvalue weighted by atomic mass is 10.1. The topological polar surface area (TPSA) is 63.7 Å². The fourth-order valence-electron chi connectivity index (χ4n) is 2.72. The summed E-state index contributed by atoms with van der Waals surface area (Å²) in [6.07, 6.45) is 5.52. The summed E-state index contributed by atoms with van der Waals surface area (Å²) < 4.78 is 10.7. The standard InChI is InChI=1S/C19H23N3O3/c1-24-17-5-6-18(25-2)15(11-17)13-22(16-3-4-16)19(23)21-12-14-7-9-20-10-8-14/h5-11,16H,3-4,12-13H2,1-2H3,(H,21,23). The second-order valence-corrected chi connectivity index (χ2v) is 6.05. The second-order valence-electron chi connectivity index (χ2n) is 6.05. The summed E-state index contributed by atoms with van der Waals surface area (Å²) >= 11 is 0. The minimum Gasteiger partial charge on any atom is -0.497 e. The third-order valence-electron chi connectivity index (χ3n) is 4.27. The van der Waals surface area contributed by atoms with Crippen molar-refractivity contribution in [3.05, 3.63) is 53.9 Å². The van der Waals surface area contributed by atoms with Crippen LogP contribution in [-0.4, -0.2) is 36.2 Å². The van der Waals surface area contributed by atoms with Gasteiger partial charge in [-0.2, -0.15) is 0 Å². The van der Waals surface area contributed by atoms with Crippen LogP contribution in [0.4, 0.5) is 4.79 Å². The average molecular weight is 341 g/mol. The van der Waals surface area contributed by atoms with E-state index < -0.39 is 0 Å². The Kier molecular flexibility index (Phi) is 5.38. The fraction of sp³-hybridized carbons (Fsp3) is 0.368. The summed E-state index contributed by atoms with van der Waals surface area (Å²) in [6, 6.07) is 9.66. The van der Waals surface area contributed by atoms with E-state index in [1.54, 1.807) is 26.6 Å². The smallest absolute Gasteiger partial charge is 0.318 e. The van der Waals surface area contributed by atoms with Gasteiger partial charge >= 0.3 is 6.03 Å². The maximum Gasteiger partial charge on any atom is 0.318 e. The molecule has 6 heteroatoms. The van der Waals surface area contributed by atoms with E-state index in [4.69, 9.17) is 9.47 Å². The van der Waals surface area contributed by atoms with Gasteiger partial charge in [0.15, 0.2) is 0 Å². The van der Waals surface area contributed by atoms with E-state index >= 15 is 0 Å². The number of aromatic nitrogens is 1. The van der Waals surface area contributed by atoms with Gasteiger partial charge in [0.25, 0.3) is 0 Å². The Morgan fingerprint density at radius 1 is 1.20 bits per heavy atom. The maximum absolute atomic E-state index is 12.7. The molecule has 1 N–H and O–H groups in total. The molecule has 6 nitrogen and oxygen atoms in total. The molecule has 1 aromatic heterocycles. The first-order valence-electron chi connectivity index (χ1n) is 8.35. The lowest BCUT2D eigenvalue weighted by molar-refractivity contribution is 0.190. The summed E-state index contributed by atoms with van der Waals surface area (Å²) in [4.78, 5) is 18.5. The fourth-order valence-corrected chi connectivity index (χ4v) is 2.72. The van der Waals surface area contributed by atoms with Gasteiger partial charge in [0.1, 0.15) is 11.5 Å². The quantitative estimate of drug-likeness (QED) is 0.841. The highest BCUT2D eigenvalue weighted by Crippen LogP contribution is 2.32. The van der Waals surface area contributed by atoms with E-state index in [0.29, 0.717) is 13.1 Å². The first-order valence-corrected chi connectivity index (χ1v) is 8.35. The van der Waals surface area contributed by atoms with Gasteiger partial charge in [-0.1, -0.05) is 0 Å². The number of urea groups is 1. The van der Waals surface area contributed by atoms with Gasteiger partial charge in [0, 0.05) is 30.5 Å². The van der Waals surface area contributed by atoms with Crippen molar-refractivity contribution < 1.29 is 14.3 Å². The number of ether oxygens (including phenoxy) is 2. The molecule has 1 aliphatic rings. The van der Waals surface area contributed by atoms with Gasteiger partial charge in [-0.25, -0.2) is 4.79 Å². The molecule has 2 aromatic rings. The van der Waals surface area contributed by atoms with Gasteiger partial charge < -0.3 is 19.7 Å². The Balaban J connectivity index is 1.70. The van der Waals surface area contributed by atoms with Crippen molar-refractivity contribution in [2.45, 2.75) is 32.0 Å². The van der Waals surface area contributed by atoms with Crippen molar-refractivity contribution in [1.29, 1.82) is 0 Å². The van der Waals surface area contributed by atoms with Gasteiger partial charge in [-0.05, 0) is 48.7 Å². The molecule has 2 amide bonds. The van der Waals surface area contributed by atoms with Crippen molar-refractivity contribution in [3.8, 4) is 11.5 Å². The van der Waals surface area contributed by atoms with Crippen LogP contribution >= 0.6 is 0 Å². The minimum absolute atomic E-state index is 0.0656. The lowest BCUT2D eigenvalue weighted by Crippen LogP contribution is -2.40. The molecule has 0 spiro atoms. The Hall–Kier alpha value is -2.76. The summed E-state index contributed by atoms with van der Waals surface area (Å²) in [7, 11) is 3.27. The van der Waals surface area contributed by atoms with Crippen molar-refractivity contribution >= 4 is 6.03 Å². The first-order chi connectivity index (χ1) is 12.2. The van der Waals surface area contributed by atoms with Crippen LogP contribution in [0.1, 0.15) is 24.0 Å². The molecule has 1 aliphatic carbocycles. The van der Waals surface area contributed by atoms with Crippen LogP contribution in [-0.2, 0) is 13.1 Å². The van der Waals surface area contributed by atoms with E-state index in [1.165, 1.54) is 0 Å². The van der Waals surface area contributed by atoms with E-state index in [9.17, 15) is 4.79 Å². The molecule has 0 aliphatic heterocycles. The third-order valence-corrected chi connectivity index (χ3v) is 4.27. The predicted octanol–water partition coefficient (Wildman–Crippen LogP) is 2.97. The number of nitrogens with zero attached hydrogens (tertiary/aromatic N) is 2. The molecular weight excluding hydrogens is 318 g/mol. The number of benzene rings is 1. The largest absolute Gasteiger partial charge is 0.497 e. The molecule has 132 valence electrons. The third kappa shape index (κ3) is 4.41. The predicted molar refractivity (Wildman–Crippen MR) is 94.6 cm³/mol. The number of amides is 2. The Labute approximate surface area is 147 Å². The van der Waals surface area contributed by atoms with Crippen LogP contribution in [0.2, 0.25) is 0 Å². The zero-order chi connectivity index (χ0) is 17.6. The number of nitrogens with one attached hydrogen (secondary N) is 1. The number of methoxy groups -OCH3 is 2. The van der Waals surface area contributed by atoms with Crippen molar-refractivity contribution in [2.75, 3.05) is 14.2 Å². The number of carbonyl (C=O) groups excluding carboxylic acids is 1. The van der Waals surface area contributed by atoms with Crippen LogP contribution in [0.3, 0.4) is 0 Å². The summed E-state index contributed by atoms with van der Waals surface area (Å²) in [5, 5.41) is 2.99. The molecule has 1 aromatic carbocycles. The van der Waals surface area contributed by atoms with E-state index in [0.717, 1.165) is 35.5 Å². The molecular formula is C19H23N3O3. The van der Waals surface area contributed by atoms with Crippen LogP contribution < -0.4 is 14.8 Å². The lowest BCUT2D eigenvalue weighted by Gasteiger charge is -2.24. The summed E-state index contributed by atoms with van der Waals surface area (Å²) in [5.74, 6) is 1.51. The monoisotopic (exact) mass is 341 g/mol. The van der Waals surface area contributed by atoms with Crippen molar-refractivity contribution in [2.24, 2.45) is 0 Å². The highest BCUT2D eigenvalue weighted by atomic mass is 16.5. The molecule has 25 heavy (non-hydrogen) atoms. The highest BCUT2D eigenvalue weighted by Gasteiger charge is 2.33.